The van der Waals surface area contributed by atoms with Gasteiger partial charge in [0.25, 0.3) is 0 Å². The summed E-state index contributed by atoms with van der Waals surface area (Å²) in [6.07, 6.45) is 7.04. The maximum atomic E-state index is 14.3. The third kappa shape index (κ3) is 8.46. The second kappa shape index (κ2) is 13.8. The summed E-state index contributed by atoms with van der Waals surface area (Å²) in [5.74, 6) is 2.03. The molecular formula is C24H37FN4O3S. The molecule has 3 rings (SSSR count). The van der Waals surface area contributed by atoms with E-state index in [9.17, 15) is 14.0 Å². The standard InChI is InChI=1S/C24H37FN4O3S/c1-26-24(31)29(12-13-30)11-3-2-4-14-33-28-23(20-9-10-27-16-20)19-7-8-21(25)22(15-19)32-17-18-5-6-18/h7-8,13,15,18,20,23,27-28H,2-6,9-12,14,16-17H2,1H3,(H,26,31). The highest BCUT2D eigenvalue weighted by Crippen LogP contribution is 2.34. The molecule has 1 aromatic carbocycles. The van der Waals surface area contributed by atoms with Gasteiger partial charge in [0.15, 0.2) is 11.6 Å². The van der Waals surface area contributed by atoms with Gasteiger partial charge in [0.2, 0.25) is 0 Å². The first-order valence-electron chi connectivity index (χ1n) is 12.0. The molecule has 0 radical (unpaired) electrons. The molecular weight excluding hydrogens is 443 g/mol. The minimum Gasteiger partial charge on any atom is -0.490 e. The van der Waals surface area contributed by atoms with Crippen molar-refractivity contribution in [2.45, 2.75) is 44.6 Å². The number of hydrogen-bond acceptors (Lipinski definition) is 6. The molecule has 9 heteroatoms. The fourth-order valence-electron chi connectivity index (χ4n) is 4.04. The normalized spacial score (nSPS) is 18.7. The molecule has 1 aliphatic carbocycles. The third-order valence-electron chi connectivity index (χ3n) is 6.24. The van der Waals surface area contributed by atoms with Crippen LogP contribution >= 0.6 is 11.9 Å². The first-order valence-corrected chi connectivity index (χ1v) is 13.0. The summed E-state index contributed by atoms with van der Waals surface area (Å²) < 4.78 is 23.7. The van der Waals surface area contributed by atoms with Crippen LogP contribution in [-0.4, -0.2) is 62.8 Å². The minimum absolute atomic E-state index is 0.122. The van der Waals surface area contributed by atoms with Crippen molar-refractivity contribution in [2.75, 3.05) is 45.6 Å². The SMILES string of the molecule is CNC(=O)N(CC=O)CCCCCSNC(c1ccc(F)c(OCC2CC2)c1)C1CCNC1. The Morgan fingerprint density at radius 2 is 2.18 bits per heavy atom. The number of ether oxygens (including phenoxy) is 1. The molecule has 0 bridgehead atoms. The molecule has 33 heavy (non-hydrogen) atoms. The third-order valence-corrected chi connectivity index (χ3v) is 7.15. The Balaban J connectivity index is 1.45. The van der Waals surface area contributed by atoms with Gasteiger partial charge in [-0.05, 0) is 74.7 Å². The fraction of sp³-hybridized carbons (Fsp3) is 0.667. The largest absolute Gasteiger partial charge is 0.490 e. The van der Waals surface area contributed by atoms with Gasteiger partial charge < -0.3 is 25.1 Å². The lowest BCUT2D eigenvalue weighted by atomic mass is 9.93. The number of unbranched alkanes of at least 4 members (excludes halogenated alkanes) is 2. The van der Waals surface area contributed by atoms with Gasteiger partial charge in [0.05, 0.1) is 13.2 Å². The van der Waals surface area contributed by atoms with Crippen LogP contribution in [0.1, 0.15) is 50.1 Å². The smallest absolute Gasteiger partial charge is 0.317 e. The number of aldehydes is 1. The Labute approximate surface area is 200 Å². The van der Waals surface area contributed by atoms with Gasteiger partial charge in [-0.3, -0.25) is 4.72 Å². The number of benzene rings is 1. The lowest BCUT2D eigenvalue weighted by molar-refractivity contribution is -0.108. The molecule has 7 nitrogen and oxygen atoms in total. The molecule has 3 N–H and O–H groups in total. The lowest BCUT2D eigenvalue weighted by Gasteiger charge is -2.25. The molecule has 2 fully saturated rings. The van der Waals surface area contributed by atoms with Crippen LogP contribution in [0.2, 0.25) is 0 Å². The second-order valence-corrected chi connectivity index (χ2v) is 9.80. The van der Waals surface area contributed by atoms with Crippen molar-refractivity contribution in [1.29, 1.82) is 0 Å². The van der Waals surface area contributed by atoms with Crippen LogP contribution in [0.15, 0.2) is 18.2 Å². The van der Waals surface area contributed by atoms with Crippen molar-refractivity contribution in [1.82, 2.24) is 20.3 Å². The van der Waals surface area contributed by atoms with Crippen molar-refractivity contribution in [3.8, 4) is 5.75 Å². The minimum atomic E-state index is -0.296. The predicted molar refractivity (Wildman–Crippen MR) is 130 cm³/mol. The molecule has 1 aliphatic heterocycles. The van der Waals surface area contributed by atoms with Crippen molar-refractivity contribution in [2.24, 2.45) is 11.8 Å². The van der Waals surface area contributed by atoms with Crippen LogP contribution in [-0.2, 0) is 4.79 Å². The fourth-order valence-corrected chi connectivity index (χ4v) is 5.01. The monoisotopic (exact) mass is 480 g/mol. The number of amides is 2. The van der Waals surface area contributed by atoms with Crippen molar-refractivity contribution in [3.63, 3.8) is 0 Å². The van der Waals surface area contributed by atoms with Crippen LogP contribution in [0.3, 0.4) is 0 Å². The second-order valence-electron chi connectivity index (χ2n) is 8.87. The van der Waals surface area contributed by atoms with Gasteiger partial charge >= 0.3 is 6.03 Å². The summed E-state index contributed by atoms with van der Waals surface area (Å²) in [6, 6.07) is 5.18. The van der Waals surface area contributed by atoms with E-state index in [0.29, 0.717) is 30.7 Å². The van der Waals surface area contributed by atoms with Crippen LogP contribution in [0.4, 0.5) is 9.18 Å². The molecule has 1 saturated heterocycles. The molecule has 1 aromatic rings. The first kappa shape index (κ1) is 25.8. The van der Waals surface area contributed by atoms with Gasteiger partial charge in [0.1, 0.15) is 6.29 Å². The number of carbonyl (C=O) groups excluding carboxylic acids is 2. The van der Waals surface area contributed by atoms with E-state index in [-0.39, 0.29) is 24.4 Å². The molecule has 1 heterocycles. The summed E-state index contributed by atoms with van der Waals surface area (Å²) in [5, 5.41) is 6.00. The van der Waals surface area contributed by atoms with Crippen molar-refractivity contribution < 1.29 is 18.7 Å². The highest BCUT2D eigenvalue weighted by Gasteiger charge is 2.27. The number of nitrogens with zero attached hydrogens (tertiary/aromatic N) is 1. The zero-order valence-electron chi connectivity index (χ0n) is 19.5. The molecule has 2 amide bonds. The van der Waals surface area contributed by atoms with E-state index < -0.39 is 0 Å². The molecule has 2 atom stereocenters. The predicted octanol–water partition coefficient (Wildman–Crippen LogP) is 3.51. The number of halogens is 1. The maximum absolute atomic E-state index is 14.3. The zero-order chi connectivity index (χ0) is 23.5. The summed E-state index contributed by atoms with van der Waals surface area (Å²) in [6.45, 7) is 3.24. The maximum Gasteiger partial charge on any atom is 0.317 e. The highest BCUT2D eigenvalue weighted by atomic mass is 32.2. The van der Waals surface area contributed by atoms with E-state index in [1.54, 1.807) is 19.0 Å². The first-order chi connectivity index (χ1) is 16.1. The van der Waals surface area contributed by atoms with Gasteiger partial charge in [-0.2, -0.15) is 0 Å². The van der Waals surface area contributed by atoms with E-state index in [4.69, 9.17) is 4.74 Å². The van der Waals surface area contributed by atoms with Crippen LogP contribution < -0.4 is 20.1 Å². The van der Waals surface area contributed by atoms with E-state index in [1.807, 2.05) is 12.1 Å². The molecule has 2 aliphatic rings. The Kier molecular flexibility index (Phi) is 10.8. The number of nitrogens with one attached hydrogen (secondary N) is 3. The van der Waals surface area contributed by atoms with Crippen LogP contribution in [0.5, 0.6) is 5.75 Å². The van der Waals surface area contributed by atoms with Gasteiger partial charge in [0, 0.05) is 25.4 Å². The van der Waals surface area contributed by atoms with Crippen molar-refractivity contribution in [3.05, 3.63) is 29.6 Å². The molecule has 0 spiro atoms. The summed E-state index contributed by atoms with van der Waals surface area (Å²) in [4.78, 5) is 24.0. The lowest BCUT2D eigenvalue weighted by Crippen LogP contribution is -2.39. The Morgan fingerprint density at radius 3 is 2.88 bits per heavy atom. The van der Waals surface area contributed by atoms with Crippen LogP contribution in [0.25, 0.3) is 0 Å². The quantitative estimate of drug-likeness (QED) is 0.202. The van der Waals surface area contributed by atoms with Gasteiger partial charge in [-0.25, -0.2) is 9.18 Å². The van der Waals surface area contributed by atoms with E-state index >= 15 is 0 Å². The average molecular weight is 481 g/mol. The van der Waals surface area contributed by atoms with E-state index in [2.05, 4.69) is 15.4 Å². The molecule has 184 valence electrons. The summed E-state index contributed by atoms with van der Waals surface area (Å²) >= 11 is 1.70. The Bertz CT molecular complexity index is 759. The number of carbonyl (C=O) groups is 2. The number of urea groups is 1. The topological polar surface area (TPSA) is 82.7 Å². The summed E-state index contributed by atoms with van der Waals surface area (Å²) in [5.41, 5.74) is 1.07. The zero-order valence-corrected chi connectivity index (χ0v) is 20.3. The Hall–Kier alpha value is -1.84. The van der Waals surface area contributed by atoms with Crippen molar-refractivity contribution >= 4 is 24.3 Å². The van der Waals surface area contributed by atoms with Gasteiger partial charge in [-0.15, -0.1) is 0 Å². The van der Waals surface area contributed by atoms with Gasteiger partial charge in [-0.1, -0.05) is 24.4 Å². The van der Waals surface area contributed by atoms with E-state index in [0.717, 1.165) is 56.4 Å². The number of rotatable bonds is 15. The highest BCUT2D eigenvalue weighted by molar-refractivity contribution is 7.97. The molecule has 2 unspecified atom stereocenters. The average Bonchev–Trinajstić information content (AvgIpc) is 3.50. The summed E-state index contributed by atoms with van der Waals surface area (Å²) in [7, 11) is 1.57. The van der Waals surface area contributed by atoms with Crippen LogP contribution in [0, 0.1) is 17.7 Å². The Morgan fingerprint density at radius 1 is 1.33 bits per heavy atom. The molecule has 1 saturated carbocycles. The number of hydrogen-bond donors (Lipinski definition) is 3. The molecule has 0 aromatic heterocycles. The van der Waals surface area contributed by atoms with E-state index in [1.165, 1.54) is 23.8 Å².